The minimum atomic E-state index is 0.0370. The zero-order valence-corrected chi connectivity index (χ0v) is 18.5. The fourth-order valence-corrected chi connectivity index (χ4v) is 6.58. The molecule has 2 aromatic carbocycles. The molecule has 30 heavy (non-hydrogen) atoms. The smallest absolute Gasteiger partial charge is 0.230 e. The lowest BCUT2D eigenvalue weighted by Gasteiger charge is -2.25. The number of thioether (sulfide) groups is 2. The number of fused-ring (bicyclic) bond motifs is 2. The highest BCUT2D eigenvalue weighted by molar-refractivity contribution is 8.00. The van der Waals surface area contributed by atoms with Crippen LogP contribution < -0.4 is 5.32 Å². The molecule has 2 aromatic heterocycles. The van der Waals surface area contributed by atoms with E-state index in [0.717, 1.165) is 38.5 Å². The van der Waals surface area contributed by atoms with Gasteiger partial charge < -0.3 is 5.32 Å². The average Bonchev–Trinajstić information content (AvgIpc) is 3.23. The molecule has 0 saturated heterocycles. The number of hydrogen-bond donors (Lipinski definition) is 1. The summed E-state index contributed by atoms with van der Waals surface area (Å²) in [4.78, 5) is 23.9. The first-order chi connectivity index (χ1) is 14.8. The molecule has 0 radical (unpaired) electrons. The third-order valence-electron chi connectivity index (χ3n) is 5.05. The third-order valence-corrected chi connectivity index (χ3v) is 8.05. The SMILES string of the molecule is O=C(CSc1ncnc2scc(-c3ccccc3)c12)N[C@@H]1CCSc2ccccc21. The van der Waals surface area contributed by atoms with Gasteiger partial charge in [-0.2, -0.15) is 0 Å². The predicted molar refractivity (Wildman–Crippen MR) is 126 cm³/mol. The van der Waals surface area contributed by atoms with E-state index in [-0.39, 0.29) is 11.9 Å². The Kier molecular flexibility index (Phi) is 5.75. The Morgan fingerprint density at radius 1 is 1.10 bits per heavy atom. The van der Waals surface area contributed by atoms with Crippen LogP contribution in [0.15, 0.2) is 76.2 Å². The highest BCUT2D eigenvalue weighted by atomic mass is 32.2. The molecule has 4 aromatic rings. The third kappa shape index (κ3) is 3.97. The Labute approximate surface area is 187 Å². The number of thiophene rings is 1. The summed E-state index contributed by atoms with van der Waals surface area (Å²) in [5.41, 5.74) is 3.49. The molecule has 0 spiro atoms. The molecule has 1 N–H and O–H groups in total. The summed E-state index contributed by atoms with van der Waals surface area (Å²) in [5.74, 6) is 1.40. The minimum Gasteiger partial charge on any atom is -0.349 e. The van der Waals surface area contributed by atoms with Crippen LogP contribution in [0.3, 0.4) is 0 Å². The van der Waals surface area contributed by atoms with Crippen molar-refractivity contribution in [2.75, 3.05) is 11.5 Å². The van der Waals surface area contributed by atoms with E-state index in [9.17, 15) is 4.79 Å². The fourth-order valence-electron chi connectivity index (χ4n) is 3.65. The van der Waals surface area contributed by atoms with E-state index in [1.807, 2.05) is 36.0 Å². The van der Waals surface area contributed by atoms with Crippen LogP contribution in [0.2, 0.25) is 0 Å². The Balaban J connectivity index is 1.34. The van der Waals surface area contributed by atoms with Gasteiger partial charge in [0.05, 0.1) is 17.2 Å². The van der Waals surface area contributed by atoms with Crippen LogP contribution in [-0.4, -0.2) is 27.4 Å². The van der Waals surface area contributed by atoms with Crippen LogP contribution in [0.25, 0.3) is 21.3 Å². The van der Waals surface area contributed by atoms with Gasteiger partial charge in [0.15, 0.2) is 0 Å². The monoisotopic (exact) mass is 449 g/mol. The Morgan fingerprint density at radius 3 is 2.83 bits per heavy atom. The lowest BCUT2D eigenvalue weighted by atomic mass is 10.0. The zero-order valence-electron chi connectivity index (χ0n) is 16.1. The molecule has 1 aliphatic rings. The number of nitrogens with zero attached hydrogens (tertiary/aromatic N) is 2. The van der Waals surface area contributed by atoms with Gasteiger partial charge in [0.1, 0.15) is 16.2 Å². The van der Waals surface area contributed by atoms with Crippen molar-refractivity contribution in [3.63, 3.8) is 0 Å². The summed E-state index contributed by atoms with van der Waals surface area (Å²) in [6, 6.07) is 18.7. The van der Waals surface area contributed by atoms with Gasteiger partial charge in [-0.1, -0.05) is 60.3 Å². The van der Waals surface area contributed by atoms with Gasteiger partial charge in [-0.3, -0.25) is 4.79 Å². The summed E-state index contributed by atoms with van der Waals surface area (Å²) in [5, 5.41) is 7.23. The van der Waals surface area contributed by atoms with E-state index in [1.165, 1.54) is 22.2 Å². The second kappa shape index (κ2) is 8.79. The fraction of sp³-hybridized carbons (Fsp3) is 0.174. The molecule has 5 rings (SSSR count). The molecule has 3 heterocycles. The van der Waals surface area contributed by atoms with Gasteiger partial charge in [-0.05, 0) is 23.6 Å². The molecule has 0 saturated carbocycles. The van der Waals surface area contributed by atoms with Crippen LogP contribution in [-0.2, 0) is 4.79 Å². The van der Waals surface area contributed by atoms with Crippen LogP contribution in [0.4, 0.5) is 0 Å². The molecule has 1 aliphatic heterocycles. The van der Waals surface area contributed by atoms with Crippen molar-refractivity contribution in [3.8, 4) is 11.1 Å². The van der Waals surface area contributed by atoms with E-state index >= 15 is 0 Å². The van der Waals surface area contributed by atoms with Crippen LogP contribution in [0.5, 0.6) is 0 Å². The molecule has 7 heteroatoms. The van der Waals surface area contributed by atoms with Crippen LogP contribution in [0, 0.1) is 0 Å². The lowest BCUT2D eigenvalue weighted by Crippen LogP contribution is -2.31. The number of benzene rings is 2. The molecule has 0 bridgehead atoms. The number of hydrogen-bond acceptors (Lipinski definition) is 6. The van der Waals surface area contributed by atoms with Gasteiger partial charge >= 0.3 is 0 Å². The van der Waals surface area contributed by atoms with E-state index in [0.29, 0.717) is 5.75 Å². The number of nitrogens with one attached hydrogen (secondary N) is 1. The Bertz CT molecular complexity index is 1190. The highest BCUT2D eigenvalue weighted by Crippen LogP contribution is 2.38. The van der Waals surface area contributed by atoms with Gasteiger partial charge in [0.2, 0.25) is 5.91 Å². The molecule has 150 valence electrons. The van der Waals surface area contributed by atoms with Crippen LogP contribution >= 0.6 is 34.9 Å². The highest BCUT2D eigenvalue weighted by Gasteiger charge is 2.22. The molecule has 0 aliphatic carbocycles. The zero-order chi connectivity index (χ0) is 20.3. The standard InChI is InChI=1S/C23H19N3OS3/c27-20(26-18-10-11-28-19-9-5-4-8-16(18)19)13-30-23-21-17(15-6-2-1-3-7-15)12-29-22(21)24-14-25-23/h1-9,12,14,18H,10-11,13H2,(H,26,27)/t18-/m1/s1. The molecule has 4 nitrogen and oxygen atoms in total. The number of aromatic nitrogens is 2. The van der Waals surface area contributed by atoms with Crippen molar-refractivity contribution in [2.45, 2.75) is 22.4 Å². The quantitative estimate of drug-likeness (QED) is 0.308. The maximum absolute atomic E-state index is 12.7. The van der Waals surface area contributed by atoms with E-state index in [2.05, 4.69) is 51.0 Å². The largest absolute Gasteiger partial charge is 0.349 e. The molecule has 0 unspecified atom stereocenters. The van der Waals surface area contributed by atoms with Gasteiger partial charge in [-0.15, -0.1) is 23.1 Å². The van der Waals surface area contributed by atoms with E-state index in [4.69, 9.17) is 0 Å². The summed E-state index contributed by atoms with van der Waals surface area (Å²) >= 11 is 4.95. The minimum absolute atomic E-state index is 0.0370. The van der Waals surface area contributed by atoms with Crippen molar-refractivity contribution in [1.82, 2.24) is 15.3 Å². The van der Waals surface area contributed by atoms with Crippen molar-refractivity contribution in [1.29, 1.82) is 0 Å². The summed E-state index contributed by atoms with van der Waals surface area (Å²) < 4.78 is 0. The van der Waals surface area contributed by atoms with Crippen molar-refractivity contribution in [2.24, 2.45) is 0 Å². The molecule has 1 atom stereocenters. The number of carbonyl (C=O) groups excluding carboxylic acids is 1. The van der Waals surface area contributed by atoms with Gasteiger partial charge in [-0.25, -0.2) is 9.97 Å². The first-order valence-corrected chi connectivity index (χ1v) is 12.6. The maximum atomic E-state index is 12.7. The van der Waals surface area contributed by atoms with Crippen molar-refractivity contribution >= 4 is 51.0 Å². The summed E-state index contributed by atoms with van der Waals surface area (Å²) in [6.45, 7) is 0. The first kappa shape index (κ1) is 19.6. The number of carbonyl (C=O) groups is 1. The predicted octanol–water partition coefficient (Wildman–Crippen LogP) is 5.80. The second-order valence-corrected chi connectivity index (χ2v) is 9.92. The number of amides is 1. The number of rotatable bonds is 5. The van der Waals surface area contributed by atoms with Gasteiger partial charge in [0.25, 0.3) is 0 Å². The normalized spacial score (nSPS) is 15.7. The first-order valence-electron chi connectivity index (χ1n) is 9.71. The molecular weight excluding hydrogens is 430 g/mol. The summed E-state index contributed by atoms with van der Waals surface area (Å²) in [6.07, 6.45) is 2.54. The molecule has 1 amide bonds. The average molecular weight is 450 g/mol. The summed E-state index contributed by atoms with van der Waals surface area (Å²) in [7, 11) is 0. The van der Waals surface area contributed by atoms with E-state index < -0.39 is 0 Å². The Hall–Kier alpha value is -2.35. The maximum Gasteiger partial charge on any atom is 0.230 e. The molecule has 0 fully saturated rings. The topological polar surface area (TPSA) is 54.9 Å². The van der Waals surface area contributed by atoms with Gasteiger partial charge in [0, 0.05) is 21.6 Å². The molecular formula is C23H19N3OS3. The lowest BCUT2D eigenvalue weighted by molar-refractivity contribution is -0.119. The Morgan fingerprint density at radius 2 is 1.93 bits per heavy atom. The van der Waals surface area contributed by atoms with Crippen molar-refractivity contribution in [3.05, 3.63) is 71.9 Å². The van der Waals surface area contributed by atoms with E-state index in [1.54, 1.807) is 17.7 Å². The second-order valence-electron chi connectivity index (χ2n) is 6.96. The van der Waals surface area contributed by atoms with Crippen molar-refractivity contribution < 1.29 is 4.79 Å². The van der Waals surface area contributed by atoms with Crippen LogP contribution in [0.1, 0.15) is 18.0 Å².